The maximum atomic E-state index is 4.48. The van der Waals surface area contributed by atoms with Crippen LogP contribution in [-0.2, 0) is 0 Å². The minimum absolute atomic E-state index is 0.430. The van der Waals surface area contributed by atoms with Crippen molar-refractivity contribution >= 4 is 17.0 Å². The van der Waals surface area contributed by atoms with E-state index in [9.17, 15) is 0 Å². The Hall–Kier alpha value is -1.71. The lowest BCUT2D eigenvalue weighted by atomic mass is 9.89. The Kier molecular flexibility index (Phi) is 2.86. The fraction of sp³-hybridized carbons (Fsp3) is 0.500. The molecule has 1 saturated carbocycles. The van der Waals surface area contributed by atoms with E-state index in [2.05, 4.69) is 27.2 Å². The van der Waals surface area contributed by atoms with Crippen LogP contribution in [-0.4, -0.2) is 21.5 Å². The third kappa shape index (κ3) is 2.28. The molecule has 1 N–H and O–H groups in total. The number of fused-ring (bicyclic) bond motifs is 1. The first-order valence-corrected chi connectivity index (χ1v) is 6.57. The topological polar surface area (TPSA) is 50.7 Å². The molecular formula is C14H18N4. The lowest BCUT2D eigenvalue weighted by Gasteiger charge is -2.23. The molecule has 0 unspecified atom stereocenters. The molecule has 3 rings (SSSR count). The Morgan fingerprint density at radius 1 is 1.17 bits per heavy atom. The Morgan fingerprint density at radius 2 is 1.94 bits per heavy atom. The summed E-state index contributed by atoms with van der Waals surface area (Å²) in [6.45, 7) is 3.35. The first-order chi connectivity index (χ1) is 8.75. The van der Waals surface area contributed by atoms with Crippen LogP contribution in [0.15, 0.2) is 24.5 Å². The predicted molar refractivity (Wildman–Crippen MR) is 72.4 cm³/mol. The third-order valence-corrected chi connectivity index (χ3v) is 3.84. The molecule has 2 heterocycles. The van der Waals surface area contributed by atoms with E-state index in [1.54, 1.807) is 12.4 Å². The average Bonchev–Trinajstić information content (AvgIpc) is 2.84. The smallest absolute Gasteiger partial charge is 0.180 e. The molecule has 2 aromatic heterocycles. The Bertz CT molecular complexity index is 546. The number of nitrogens with zero attached hydrogens (tertiary/aromatic N) is 3. The molecule has 2 aromatic rings. The highest BCUT2D eigenvalue weighted by Gasteiger charge is 2.28. The molecule has 94 valence electrons. The number of hydrogen-bond acceptors (Lipinski definition) is 4. The molecule has 18 heavy (non-hydrogen) atoms. The first kappa shape index (κ1) is 11.4. The van der Waals surface area contributed by atoms with Gasteiger partial charge in [0.05, 0.1) is 0 Å². The van der Waals surface area contributed by atoms with Crippen molar-refractivity contribution < 1.29 is 0 Å². The number of aromatic nitrogens is 3. The van der Waals surface area contributed by atoms with Gasteiger partial charge < -0.3 is 5.32 Å². The fourth-order valence-corrected chi connectivity index (χ4v) is 2.66. The maximum Gasteiger partial charge on any atom is 0.180 e. The molecule has 4 nitrogen and oxygen atoms in total. The van der Waals surface area contributed by atoms with Gasteiger partial charge in [0.2, 0.25) is 0 Å². The first-order valence-electron chi connectivity index (χ1n) is 6.57. The van der Waals surface area contributed by atoms with Crippen molar-refractivity contribution in [1.29, 1.82) is 0 Å². The van der Waals surface area contributed by atoms with E-state index in [1.807, 2.05) is 12.1 Å². The van der Waals surface area contributed by atoms with Crippen LogP contribution in [0.1, 0.15) is 32.6 Å². The molecule has 0 aromatic carbocycles. The van der Waals surface area contributed by atoms with Crippen LogP contribution in [0.5, 0.6) is 0 Å². The number of rotatable bonds is 3. The Balaban J connectivity index is 1.74. The monoisotopic (exact) mass is 242 g/mol. The summed E-state index contributed by atoms with van der Waals surface area (Å²) in [4.78, 5) is 12.9. The number of hydrogen-bond donors (Lipinski definition) is 1. The molecule has 0 atom stereocenters. The van der Waals surface area contributed by atoms with Gasteiger partial charge in [-0.2, -0.15) is 0 Å². The largest absolute Gasteiger partial charge is 0.369 e. The van der Waals surface area contributed by atoms with Gasteiger partial charge in [0.25, 0.3) is 0 Å². The van der Waals surface area contributed by atoms with Gasteiger partial charge in [0.1, 0.15) is 11.3 Å². The van der Waals surface area contributed by atoms with Crippen molar-refractivity contribution in [2.24, 2.45) is 5.41 Å². The molecule has 1 aliphatic rings. The van der Waals surface area contributed by atoms with Gasteiger partial charge in [0.15, 0.2) is 5.65 Å². The highest BCUT2D eigenvalue weighted by Crippen LogP contribution is 2.37. The molecule has 0 bridgehead atoms. The summed E-state index contributed by atoms with van der Waals surface area (Å²) >= 11 is 0. The van der Waals surface area contributed by atoms with E-state index in [1.165, 1.54) is 25.7 Å². The minimum Gasteiger partial charge on any atom is -0.369 e. The summed E-state index contributed by atoms with van der Waals surface area (Å²) in [5.41, 5.74) is 1.98. The third-order valence-electron chi connectivity index (χ3n) is 3.84. The SMILES string of the molecule is CC1(CNc2ccc3nccnc3n2)CCCC1. The zero-order chi connectivity index (χ0) is 12.4. The van der Waals surface area contributed by atoms with Crippen molar-refractivity contribution in [1.82, 2.24) is 15.0 Å². The zero-order valence-electron chi connectivity index (χ0n) is 10.7. The summed E-state index contributed by atoms with van der Waals surface area (Å²) in [6.07, 6.45) is 8.71. The van der Waals surface area contributed by atoms with Crippen molar-refractivity contribution in [3.8, 4) is 0 Å². The number of nitrogens with one attached hydrogen (secondary N) is 1. The molecular weight excluding hydrogens is 224 g/mol. The summed E-state index contributed by atoms with van der Waals surface area (Å²) in [7, 11) is 0. The fourth-order valence-electron chi connectivity index (χ4n) is 2.66. The van der Waals surface area contributed by atoms with Gasteiger partial charge in [-0.15, -0.1) is 0 Å². The van der Waals surface area contributed by atoms with E-state index >= 15 is 0 Å². The summed E-state index contributed by atoms with van der Waals surface area (Å²) < 4.78 is 0. The normalized spacial score (nSPS) is 18.1. The molecule has 1 fully saturated rings. The van der Waals surface area contributed by atoms with Crippen molar-refractivity contribution in [2.45, 2.75) is 32.6 Å². The van der Waals surface area contributed by atoms with Crippen LogP contribution < -0.4 is 5.32 Å². The van der Waals surface area contributed by atoms with Crippen LogP contribution in [0.2, 0.25) is 0 Å². The van der Waals surface area contributed by atoms with E-state index in [-0.39, 0.29) is 0 Å². The molecule has 0 aliphatic heterocycles. The van der Waals surface area contributed by atoms with Crippen molar-refractivity contribution in [3.63, 3.8) is 0 Å². The van der Waals surface area contributed by atoms with Crippen LogP contribution >= 0.6 is 0 Å². The van der Waals surface area contributed by atoms with Gasteiger partial charge in [-0.25, -0.2) is 9.97 Å². The molecule has 0 amide bonds. The molecule has 1 aliphatic carbocycles. The van der Waals surface area contributed by atoms with Gasteiger partial charge >= 0.3 is 0 Å². The minimum atomic E-state index is 0.430. The van der Waals surface area contributed by atoms with Crippen LogP contribution in [0.25, 0.3) is 11.2 Å². The van der Waals surface area contributed by atoms with E-state index < -0.39 is 0 Å². The van der Waals surface area contributed by atoms with Gasteiger partial charge in [-0.3, -0.25) is 4.98 Å². The molecule has 4 heteroatoms. The second-order valence-electron chi connectivity index (χ2n) is 5.47. The average molecular weight is 242 g/mol. The van der Waals surface area contributed by atoms with Gasteiger partial charge in [-0.05, 0) is 30.4 Å². The predicted octanol–water partition coefficient (Wildman–Crippen LogP) is 3.02. The summed E-state index contributed by atoms with van der Waals surface area (Å²) in [5.74, 6) is 0.899. The Labute approximate surface area is 107 Å². The summed E-state index contributed by atoms with van der Waals surface area (Å²) in [6, 6.07) is 3.95. The molecule has 0 radical (unpaired) electrons. The van der Waals surface area contributed by atoms with Gasteiger partial charge in [0, 0.05) is 18.9 Å². The molecule has 0 spiro atoms. The van der Waals surface area contributed by atoms with Crippen LogP contribution in [0, 0.1) is 5.41 Å². The van der Waals surface area contributed by atoms with Crippen LogP contribution in [0.3, 0.4) is 0 Å². The van der Waals surface area contributed by atoms with E-state index in [4.69, 9.17) is 0 Å². The highest BCUT2D eigenvalue weighted by atomic mass is 15.0. The standard InChI is InChI=1S/C14H18N4/c1-14(6-2-3-7-14)10-17-12-5-4-11-13(18-12)16-9-8-15-11/h4-5,8-9H,2-3,6-7,10H2,1H3,(H,16,17,18). The number of pyridine rings is 1. The van der Waals surface area contributed by atoms with Crippen molar-refractivity contribution in [3.05, 3.63) is 24.5 Å². The van der Waals surface area contributed by atoms with E-state index in [0.717, 1.165) is 17.9 Å². The molecule has 0 saturated heterocycles. The number of anilines is 1. The quantitative estimate of drug-likeness (QED) is 0.898. The van der Waals surface area contributed by atoms with Crippen LogP contribution in [0.4, 0.5) is 5.82 Å². The van der Waals surface area contributed by atoms with E-state index in [0.29, 0.717) is 11.1 Å². The lowest BCUT2D eigenvalue weighted by Crippen LogP contribution is -2.23. The maximum absolute atomic E-state index is 4.48. The second kappa shape index (κ2) is 4.52. The lowest BCUT2D eigenvalue weighted by molar-refractivity contribution is 0.361. The zero-order valence-corrected chi connectivity index (χ0v) is 10.7. The summed E-state index contributed by atoms with van der Waals surface area (Å²) in [5, 5.41) is 3.44. The highest BCUT2D eigenvalue weighted by molar-refractivity contribution is 5.71. The van der Waals surface area contributed by atoms with Crippen molar-refractivity contribution in [2.75, 3.05) is 11.9 Å². The Morgan fingerprint density at radius 3 is 2.78 bits per heavy atom. The second-order valence-corrected chi connectivity index (χ2v) is 5.47. The van der Waals surface area contributed by atoms with Gasteiger partial charge in [-0.1, -0.05) is 19.8 Å².